The molecule has 1 atom stereocenters. The number of aryl methyl sites for hydroxylation is 1. The Morgan fingerprint density at radius 3 is 2.57 bits per heavy atom. The summed E-state index contributed by atoms with van der Waals surface area (Å²) >= 11 is 0. The number of anilines is 1. The van der Waals surface area contributed by atoms with Gasteiger partial charge in [-0.1, -0.05) is 45.4 Å². The molecule has 118 valence electrons. The number of nitrogens with one attached hydrogen (secondary N) is 1. The highest BCUT2D eigenvalue weighted by molar-refractivity contribution is 5.92. The van der Waals surface area contributed by atoms with E-state index in [0.29, 0.717) is 24.8 Å². The number of rotatable bonds is 8. The molecule has 3 N–H and O–H groups in total. The van der Waals surface area contributed by atoms with Crippen LogP contribution in [0.2, 0.25) is 0 Å². The topological polar surface area (TPSA) is 55.1 Å². The van der Waals surface area contributed by atoms with Crippen molar-refractivity contribution in [3.05, 3.63) is 29.3 Å². The van der Waals surface area contributed by atoms with Gasteiger partial charge in [0.25, 0.3) is 0 Å². The van der Waals surface area contributed by atoms with Gasteiger partial charge in [0.2, 0.25) is 5.91 Å². The molecule has 0 aliphatic heterocycles. The molecular formula is C18H30N2O. The summed E-state index contributed by atoms with van der Waals surface area (Å²) in [5, 5.41) is 3.11. The maximum atomic E-state index is 12.2. The Labute approximate surface area is 129 Å². The van der Waals surface area contributed by atoms with Gasteiger partial charge in [0.1, 0.15) is 0 Å². The normalized spacial score (nSPS) is 12.5. The average Bonchev–Trinajstić information content (AvgIpc) is 2.45. The van der Waals surface area contributed by atoms with Crippen LogP contribution in [0, 0.1) is 12.8 Å². The van der Waals surface area contributed by atoms with Crippen molar-refractivity contribution in [2.75, 3.05) is 11.9 Å². The standard InChI is InChI=1S/C18H30N2O/c1-5-15(11-12-19)9-10-17(21)20-18-14(4)7-6-8-16(18)13(2)3/h6-8,13,15H,5,9-12,19H2,1-4H3,(H,20,21). The van der Waals surface area contributed by atoms with Gasteiger partial charge < -0.3 is 11.1 Å². The van der Waals surface area contributed by atoms with Crippen molar-refractivity contribution < 1.29 is 4.79 Å². The van der Waals surface area contributed by atoms with Gasteiger partial charge in [-0.3, -0.25) is 4.79 Å². The molecule has 0 radical (unpaired) electrons. The van der Waals surface area contributed by atoms with E-state index in [-0.39, 0.29) is 5.91 Å². The smallest absolute Gasteiger partial charge is 0.224 e. The second-order valence-electron chi connectivity index (χ2n) is 6.13. The zero-order chi connectivity index (χ0) is 15.8. The highest BCUT2D eigenvalue weighted by Gasteiger charge is 2.13. The Hall–Kier alpha value is -1.35. The molecule has 21 heavy (non-hydrogen) atoms. The third kappa shape index (κ3) is 5.50. The third-order valence-electron chi connectivity index (χ3n) is 4.12. The number of hydrogen-bond donors (Lipinski definition) is 2. The van der Waals surface area contributed by atoms with E-state index in [4.69, 9.17) is 5.73 Å². The first-order valence-electron chi connectivity index (χ1n) is 8.09. The van der Waals surface area contributed by atoms with Crippen LogP contribution in [0.1, 0.15) is 63.5 Å². The van der Waals surface area contributed by atoms with Crippen LogP contribution in [0.25, 0.3) is 0 Å². The van der Waals surface area contributed by atoms with Gasteiger partial charge in [-0.05, 0) is 49.3 Å². The Morgan fingerprint density at radius 2 is 2.00 bits per heavy atom. The van der Waals surface area contributed by atoms with E-state index < -0.39 is 0 Å². The molecule has 3 nitrogen and oxygen atoms in total. The molecule has 0 spiro atoms. The van der Waals surface area contributed by atoms with Crippen LogP contribution in [0.15, 0.2) is 18.2 Å². The average molecular weight is 290 g/mol. The van der Waals surface area contributed by atoms with Crippen molar-refractivity contribution in [1.82, 2.24) is 0 Å². The third-order valence-corrected chi connectivity index (χ3v) is 4.12. The van der Waals surface area contributed by atoms with E-state index in [2.05, 4.69) is 38.2 Å². The van der Waals surface area contributed by atoms with Crippen molar-refractivity contribution in [2.24, 2.45) is 11.7 Å². The van der Waals surface area contributed by atoms with Gasteiger partial charge >= 0.3 is 0 Å². The fraction of sp³-hybridized carbons (Fsp3) is 0.611. The van der Waals surface area contributed by atoms with Crippen molar-refractivity contribution in [2.45, 2.75) is 59.3 Å². The first-order chi connectivity index (χ1) is 9.99. The van der Waals surface area contributed by atoms with E-state index in [1.807, 2.05) is 13.0 Å². The zero-order valence-corrected chi connectivity index (χ0v) is 13.9. The van der Waals surface area contributed by atoms with E-state index >= 15 is 0 Å². The van der Waals surface area contributed by atoms with Crippen LogP contribution >= 0.6 is 0 Å². The minimum Gasteiger partial charge on any atom is -0.330 e. The van der Waals surface area contributed by atoms with Crippen LogP contribution in [0.4, 0.5) is 5.69 Å². The number of amides is 1. The summed E-state index contributed by atoms with van der Waals surface area (Å²) in [7, 11) is 0. The van der Waals surface area contributed by atoms with Gasteiger partial charge in [-0.2, -0.15) is 0 Å². The number of hydrogen-bond acceptors (Lipinski definition) is 2. The summed E-state index contributed by atoms with van der Waals surface area (Å²) in [6.07, 6.45) is 3.59. The first kappa shape index (κ1) is 17.7. The Kier molecular flexibility index (Phi) is 7.44. The summed E-state index contributed by atoms with van der Waals surface area (Å²) in [6.45, 7) is 9.22. The van der Waals surface area contributed by atoms with Crippen molar-refractivity contribution in [3.8, 4) is 0 Å². The predicted octanol–water partition coefficient (Wildman–Crippen LogP) is 4.21. The van der Waals surface area contributed by atoms with E-state index in [1.165, 1.54) is 5.56 Å². The summed E-state index contributed by atoms with van der Waals surface area (Å²) in [4.78, 5) is 12.2. The van der Waals surface area contributed by atoms with E-state index in [1.54, 1.807) is 0 Å². The van der Waals surface area contributed by atoms with Crippen LogP contribution in [0.3, 0.4) is 0 Å². The number of carbonyl (C=O) groups is 1. The number of carbonyl (C=O) groups excluding carboxylic acids is 1. The van der Waals surface area contributed by atoms with Gasteiger partial charge in [0.05, 0.1) is 0 Å². The number of nitrogens with two attached hydrogens (primary N) is 1. The fourth-order valence-corrected chi connectivity index (χ4v) is 2.67. The number of para-hydroxylation sites is 1. The molecule has 1 amide bonds. The largest absolute Gasteiger partial charge is 0.330 e. The SMILES string of the molecule is CCC(CCN)CCC(=O)Nc1c(C)cccc1C(C)C. The molecule has 0 aromatic heterocycles. The molecule has 0 bridgehead atoms. The van der Waals surface area contributed by atoms with Gasteiger partial charge in [0.15, 0.2) is 0 Å². The maximum Gasteiger partial charge on any atom is 0.224 e. The van der Waals surface area contributed by atoms with E-state index in [9.17, 15) is 4.79 Å². The molecule has 0 saturated carbocycles. The lowest BCUT2D eigenvalue weighted by atomic mass is 9.96. The molecule has 1 aromatic carbocycles. The Bertz CT molecular complexity index is 455. The minimum absolute atomic E-state index is 0.113. The lowest BCUT2D eigenvalue weighted by Gasteiger charge is -2.17. The van der Waals surface area contributed by atoms with Crippen LogP contribution < -0.4 is 11.1 Å². The molecule has 1 rings (SSSR count). The van der Waals surface area contributed by atoms with Crippen LogP contribution in [0.5, 0.6) is 0 Å². The molecule has 3 heteroatoms. The predicted molar refractivity (Wildman–Crippen MR) is 90.6 cm³/mol. The molecule has 0 aliphatic carbocycles. The van der Waals surface area contributed by atoms with Gasteiger partial charge in [-0.25, -0.2) is 0 Å². The minimum atomic E-state index is 0.113. The van der Waals surface area contributed by atoms with Crippen molar-refractivity contribution in [1.29, 1.82) is 0 Å². The van der Waals surface area contributed by atoms with Crippen LogP contribution in [-0.2, 0) is 4.79 Å². The monoisotopic (exact) mass is 290 g/mol. The summed E-state index contributed by atoms with van der Waals surface area (Å²) in [5.41, 5.74) is 8.93. The first-order valence-corrected chi connectivity index (χ1v) is 8.09. The fourth-order valence-electron chi connectivity index (χ4n) is 2.67. The van der Waals surface area contributed by atoms with Crippen molar-refractivity contribution in [3.63, 3.8) is 0 Å². The summed E-state index contributed by atoms with van der Waals surface area (Å²) < 4.78 is 0. The summed E-state index contributed by atoms with van der Waals surface area (Å²) in [5.74, 6) is 1.07. The number of benzene rings is 1. The molecule has 1 aromatic rings. The van der Waals surface area contributed by atoms with Crippen LogP contribution in [-0.4, -0.2) is 12.5 Å². The highest BCUT2D eigenvalue weighted by Crippen LogP contribution is 2.27. The summed E-state index contributed by atoms with van der Waals surface area (Å²) in [6, 6.07) is 6.19. The quantitative estimate of drug-likeness (QED) is 0.753. The Balaban J connectivity index is 2.67. The Morgan fingerprint density at radius 1 is 1.29 bits per heavy atom. The van der Waals surface area contributed by atoms with Gasteiger partial charge in [0, 0.05) is 12.1 Å². The molecule has 1 unspecified atom stereocenters. The van der Waals surface area contributed by atoms with Crippen molar-refractivity contribution >= 4 is 11.6 Å². The molecule has 0 saturated heterocycles. The molecule has 0 heterocycles. The molecule has 0 aliphatic rings. The zero-order valence-electron chi connectivity index (χ0n) is 13.9. The maximum absolute atomic E-state index is 12.2. The highest BCUT2D eigenvalue weighted by atomic mass is 16.1. The lowest BCUT2D eigenvalue weighted by Crippen LogP contribution is -2.16. The van der Waals surface area contributed by atoms with Gasteiger partial charge in [-0.15, -0.1) is 0 Å². The lowest BCUT2D eigenvalue weighted by molar-refractivity contribution is -0.116. The second kappa shape index (κ2) is 8.83. The van der Waals surface area contributed by atoms with E-state index in [0.717, 1.165) is 30.5 Å². The molecule has 0 fully saturated rings. The second-order valence-corrected chi connectivity index (χ2v) is 6.13. The molecular weight excluding hydrogens is 260 g/mol.